The van der Waals surface area contributed by atoms with Gasteiger partial charge in [0.15, 0.2) is 5.69 Å². The summed E-state index contributed by atoms with van der Waals surface area (Å²) in [7, 11) is 0. The van der Waals surface area contributed by atoms with Crippen LogP contribution in [-0.4, -0.2) is 86.3 Å². The molecule has 4 heterocycles. The van der Waals surface area contributed by atoms with E-state index in [4.69, 9.17) is 4.74 Å². The molecule has 0 saturated carbocycles. The SMILES string of the molecule is C[C@H]1CCN1c1nc(-c2noc(C(F)(F)C(=O)N3CCN(C(=O)OC(C)(C)C)CC3)n2)cc(C(F)(F)F)n1. The molecule has 2 aromatic rings. The third kappa shape index (κ3) is 5.62. The molecule has 2 amide bonds. The van der Waals surface area contributed by atoms with Gasteiger partial charge < -0.3 is 24.0 Å². The van der Waals surface area contributed by atoms with Gasteiger partial charge in [0.1, 0.15) is 11.3 Å². The van der Waals surface area contributed by atoms with Gasteiger partial charge in [-0.05, 0) is 40.2 Å². The fourth-order valence-electron chi connectivity index (χ4n) is 3.80. The van der Waals surface area contributed by atoms with Crippen LogP contribution in [-0.2, 0) is 21.6 Å². The van der Waals surface area contributed by atoms with E-state index in [1.165, 1.54) is 9.80 Å². The zero-order valence-electron chi connectivity index (χ0n) is 21.1. The maximum Gasteiger partial charge on any atom is 0.433 e. The van der Waals surface area contributed by atoms with Gasteiger partial charge in [0, 0.05) is 38.8 Å². The quantitative estimate of drug-likeness (QED) is 0.532. The topological polar surface area (TPSA) is 118 Å². The van der Waals surface area contributed by atoms with Gasteiger partial charge in [-0.2, -0.15) is 26.9 Å². The van der Waals surface area contributed by atoms with Crippen molar-refractivity contribution >= 4 is 17.9 Å². The second kappa shape index (κ2) is 9.62. The number of hydrogen-bond donors (Lipinski definition) is 0. The molecule has 16 heteroatoms. The van der Waals surface area contributed by atoms with Crippen LogP contribution >= 0.6 is 0 Å². The first-order valence-electron chi connectivity index (χ1n) is 11.8. The summed E-state index contributed by atoms with van der Waals surface area (Å²) in [6.07, 6.45) is -4.75. The Morgan fingerprint density at radius 2 is 1.61 bits per heavy atom. The Morgan fingerprint density at radius 3 is 2.13 bits per heavy atom. The minimum Gasteiger partial charge on any atom is -0.444 e. The Morgan fingerprint density at radius 1 is 0.974 bits per heavy atom. The Kier molecular flexibility index (Phi) is 6.95. The average molecular weight is 547 g/mol. The highest BCUT2D eigenvalue weighted by Crippen LogP contribution is 2.35. The highest BCUT2D eigenvalue weighted by Gasteiger charge is 2.50. The van der Waals surface area contributed by atoms with Gasteiger partial charge in [-0.15, -0.1) is 0 Å². The molecule has 2 aromatic heterocycles. The Labute approximate surface area is 213 Å². The van der Waals surface area contributed by atoms with Gasteiger partial charge in [-0.1, -0.05) is 5.16 Å². The first kappa shape index (κ1) is 27.4. The summed E-state index contributed by atoms with van der Waals surface area (Å²) in [5, 5.41) is 3.35. The molecule has 11 nitrogen and oxygen atoms in total. The molecule has 0 N–H and O–H groups in total. The standard InChI is InChI=1S/C22H26F5N7O4/c1-12-5-6-34(12)18-28-13(11-14(29-18)22(25,26)27)15-30-16(38-31-15)21(23,24)17(35)32-7-9-33(10-8-32)19(36)37-20(2,3)4/h11-12H,5-10H2,1-4H3/t12-/m0/s1. The van der Waals surface area contributed by atoms with Crippen molar-refractivity contribution in [3.63, 3.8) is 0 Å². The lowest BCUT2D eigenvalue weighted by Gasteiger charge is -2.38. The third-order valence-corrected chi connectivity index (χ3v) is 5.99. The van der Waals surface area contributed by atoms with Crippen molar-refractivity contribution in [3.05, 3.63) is 17.7 Å². The molecule has 1 atom stereocenters. The van der Waals surface area contributed by atoms with E-state index in [1.807, 2.05) is 0 Å². The smallest absolute Gasteiger partial charge is 0.433 e. The number of carbonyl (C=O) groups is 2. The fourth-order valence-corrected chi connectivity index (χ4v) is 3.80. The summed E-state index contributed by atoms with van der Waals surface area (Å²) < 4.78 is 80.2. The molecule has 4 rings (SSSR count). The summed E-state index contributed by atoms with van der Waals surface area (Å²) in [6.45, 7) is 6.77. The molecule has 0 spiro atoms. The van der Waals surface area contributed by atoms with E-state index in [0.29, 0.717) is 12.6 Å². The number of amides is 2. The molecule has 0 unspecified atom stereocenters. The van der Waals surface area contributed by atoms with Gasteiger partial charge in [-0.25, -0.2) is 14.8 Å². The van der Waals surface area contributed by atoms with Crippen molar-refractivity contribution < 1.29 is 40.8 Å². The Balaban J connectivity index is 1.51. The van der Waals surface area contributed by atoms with Crippen LogP contribution in [0.5, 0.6) is 0 Å². The number of halogens is 5. The molecule has 2 aliphatic heterocycles. The molecule has 208 valence electrons. The number of alkyl halides is 5. The van der Waals surface area contributed by atoms with Gasteiger partial charge in [-0.3, -0.25) is 4.79 Å². The van der Waals surface area contributed by atoms with Crippen LogP contribution in [0.1, 0.15) is 45.7 Å². The highest BCUT2D eigenvalue weighted by atomic mass is 19.4. The zero-order valence-corrected chi connectivity index (χ0v) is 21.1. The fraction of sp³-hybridized carbons (Fsp3) is 0.636. The molecule has 2 saturated heterocycles. The van der Waals surface area contributed by atoms with Gasteiger partial charge in [0.2, 0.25) is 11.8 Å². The van der Waals surface area contributed by atoms with E-state index in [9.17, 15) is 22.8 Å². The van der Waals surface area contributed by atoms with Crippen LogP contribution in [0.25, 0.3) is 11.5 Å². The number of piperazine rings is 1. The van der Waals surface area contributed by atoms with E-state index in [1.54, 1.807) is 27.7 Å². The van der Waals surface area contributed by atoms with E-state index < -0.39 is 52.8 Å². The molecule has 2 aliphatic rings. The number of rotatable bonds is 4. The average Bonchev–Trinajstić information content (AvgIpc) is 3.32. The van der Waals surface area contributed by atoms with E-state index >= 15 is 8.78 Å². The van der Waals surface area contributed by atoms with E-state index in [-0.39, 0.29) is 38.2 Å². The van der Waals surface area contributed by atoms with E-state index in [0.717, 1.165) is 11.3 Å². The predicted molar refractivity (Wildman–Crippen MR) is 120 cm³/mol. The maximum absolute atomic E-state index is 15.0. The highest BCUT2D eigenvalue weighted by molar-refractivity contribution is 5.84. The third-order valence-electron chi connectivity index (χ3n) is 5.99. The van der Waals surface area contributed by atoms with Crippen molar-refractivity contribution in [2.24, 2.45) is 0 Å². The lowest BCUT2D eigenvalue weighted by atomic mass is 10.1. The normalized spacial score (nSPS) is 18.9. The molecule has 38 heavy (non-hydrogen) atoms. The Bertz CT molecular complexity index is 1210. The van der Waals surface area contributed by atoms with Gasteiger partial charge >= 0.3 is 30.0 Å². The van der Waals surface area contributed by atoms with Crippen LogP contribution < -0.4 is 4.90 Å². The first-order chi connectivity index (χ1) is 17.6. The van der Waals surface area contributed by atoms with Crippen molar-refractivity contribution in [2.45, 2.75) is 57.9 Å². The van der Waals surface area contributed by atoms with Crippen LogP contribution in [0.2, 0.25) is 0 Å². The van der Waals surface area contributed by atoms with Crippen LogP contribution in [0.3, 0.4) is 0 Å². The van der Waals surface area contributed by atoms with Crippen LogP contribution in [0.4, 0.5) is 32.7 Å². The van der Waals surface area contributed by atoms with Crippen molar-refractivity contribution in [1.82, 2.24) is 29.9 Å². The molecule has 0 bridgehead atoms. The van der Waals surface area contributed by atoms with Crippen molar-refractivity contribution in [3.8, 4) is 11.5 Å². The largest absolute Gasteiger partial charge is 0.444 e. The summed E-state index contributed by atoms with van der Waals surface area (Å²) in [5.41, 5.74) is -2.52. The minimum atomic E-state index is -4.84. The summed E-state index contributed by atoms with van der Waals surface area (Å²) in [5.74, 6) is -8.20. The van der Waals surface area contributed by atoms with Crippen molar-refractivity contribution in [1.29, 1.82) is 0 Å². The van der Waals surface area contributed by atoms with Crippen LogP contribution in [0, 0.1) is 0 Å². The van der Waals surface area contributed by atoms with Gasteiger partial charge in [0.25, 0.3) is 0 Å². The predicted octanol–water partition coefficient (Wildman–Crippen LogP) is 3.32. The number of anilines is 1. The molecular formula is C22H26F5N7O4. The molecular weight excluding hydrogens is 521 g/mol. The number of carbonyl (C=O) groups excluding carboxylic acids is 2. The maximum atomic E-state index is 15.0. The number of aromatic nitrogens is 4. The van der Waals surface area contributed by atoms with E-state index in [2.05, 4.69) is 24.6 Å². The summed E-state index contributed by atoms with van der Waals surface area (Å²) in [6, 6.07) is 0.420. The summed E-state index contributed by atoms with van der Waals surface area (Å²) >= 11 is 0. The zero-order chi connectivity index (χ0) is 28.0. The monoisotopic (exact) mass is 547 g/mol. The number of nitrogens with zero attached hydrogens (tertiary/aromatic N) is 7. The lowest BCUT2D eigenvalue weighted by molar-refractivity contribution is -0.164. The second-order valence-corrected chi connectivity index (χ2v) is 10.0. The molecule has 0 aromatic carbocycles. The first-order valence-corrected chi connectivity index (χ1v) is 11.8. The Hall–Kier alpha value is -3.59. The number of ether oxygens (including phenoxy) is 1. The minimum absolute atomic E-state index is 0.0370. The lowest BCUT2D eigenvalue weighted by Crippen LogP contribution is -2.54. The summed E-state index contributed by atoms with van der Waals surface area (Å²) in [4.78, 5) is 39.5. The number of hydrogen-bond acceptors (Lipinski definition) is 9. The molecule has 0 radical (unpaired) electrons. The second-order valence-electron chi connectivity index (χ2n) is 10.0. The van der Waals surface area contributed by atoms with Crippen LogP contribution in [0.15, 0.2) is 10.6 Å². The van der Waals surface area contributed by atoms with Gasteiger partial charge in [0.05, 0.1) is 0 Å². The van der Waals surface area contributed by atoms with Crippen molar-refractivity contribution in [2.75, 3.05) is 37.6 Å². The molecule has 2 fully saturated rings. The molecule has 0 aliphatic carbocycles.